The summed E-state index contributed by atoms with van der Waals surface area (Å²) in [5.41, 5.74) is 0. The third-order valence-electron chi connectivity index (χ3n) is 1.50. The van der Waals surface area contributed by atoms with Gasteiger partial charge in [0.15, 0.2) is 0 Å². The van der Waals surface area contributed by atoms with E-state index in [9.17, 15) is 0 Å². The van der Waals surface area contributed by atoms with Gasteiger partial charge in [-0.2, -0.15) is 0 Å². The Kier molecular flexibility index (Phi) is 3.50. The van der Waals surface area contributed by atoms with Crippen LogP contribution in [0.5, 0.6) is 0 Å². The highest BCUT2D eigenvalue weighted by molar-refractivity contribution is 5.20. The standard InChI is InChI=1S/C7H15N5/c1-3-5-8-7-9-10-11-12(7)6-4-2/h3-6H2,1-2H3,(H,8,9,11). The summed E-state index contributed by atoms with van der Waals surface area (Å²) in [5.74, 6) is 0.777. The minimum atomic E-state index is 0.777. The van der Waals surface area contributed by atoms with Gasteiger partial charge in [-0.15, -0.1) is 0 Å². The molecule has 5 nitrogen and oxygen atoms in total. The van der Waals surface area contributed by atoms with Gasteiger partial charge in [-0.1, -0.05) is 18.9 Å². The van der Waals surface area contributed by atoms with Gasteiger partial charge in [0.25, 0.3) is 0 Å². The van der Waals surface area contributed by atoms with Crippen molar-refractivity contribution in [1.29, 1.82) is 0 Å². The summed E-state index contributed by atoms with van der Waals surface area (Å²) in [7, 11) is 0. The lowest BCUT2D eigenvalue weighted by Crippen LogP contribution is -2.09. The molecule has 12 heavy (non-hydrogen) atoms. The van der Waals surface area contributed by atoms with Crippen LogP contribution in [-0.2, 0) is 6.54 Å². The number of anilines is 1. The molecule has 0 aliphatic rings. The van der Waals surface area contributed by atoms with Crippen LogP contribution >= 0.6 is 0 Å². The number of nitrogens with zero attached hydrogens (tertiary/aromatic N) is 4. The lowest BCUT2D eigenvalue weighted by atomic mass is 10.5. The van der Waals surface area contributed by atoms with Crippen molar-refractivity contribution in [2.45, 2.75) is 33.2 Å². The minimum Gasteiger partial charge on any atom is -0.353 e. The van der Waals surface area contributed by atoms with E-state index in [0.717, 1.165) is 31.9 Å². The molecule has 0 aromatic carbocycles. The molecule has 68 valence electrons. The first-order valence-corrected chi connectivity index (χ1v) is 4.38. The van der Waals surface area contributed by atoms with E-state index in [4.69, 9.17) is 0 Å². The molecule has 5 heteroatoms. The molecule has 0 atom stereocenters. The fourth-order valence-corrected chi connectivity index (χ4v) is 0.930. The first-order chi connectivity index (χ1) is 5.88. The Balaban J connectivity index is 2.51. The molecule has 0 aliphatic carbocycles. The fourth-order valence-electron chi connectivity index (χ4n) is 0.930. The first-order valence-electron chi connectivity index (χ1n) is 4.38. The fraction of sp³-hybridized carbons (Fsp3) is 0.857. The van der Waals surface area contributed by atoms with Crippen LogP contribution in [0.1, 0.15) is 26.7 Å². The molecule has 0 spiro atoms. The van der Waals surface area contributed by atoms with E-state index in [-0.39, 0.29) is 0 Å². The first kappa shape index (κ1) is 8.96. The molecular formula is C7H15N5. The van der Waals surface area contributed by atoms with E-state index in [1.165, 1.54) is 0 Å². The Morgan fingerprint density at radius 2 is 2.17 bits per heavy atom. The molecule has 1 aromatic heterocycles. The van der Waals surface area contributed by atoms with Crippen LogP contribution in [0.25, 0.3) is 0 Å². The molecule has 1 heterocycles. The van der Waals surface area contributed by atoms with Crippen LogP contribution < -0.4 is 5.32 Å². The van der Waals surface area contributed by atoms with E-state index in [1.807, 2.05) is 0 Å². The maximum atomic E-state index is 3.86. The van der Waals surface area contributed by atoms with Crippen molar-refractivity contribution in [3.63, 3.8) is 0 Å². The van der Waals surface area contributed by atoms with Crippen molar-refractivity contribution in [2.75, 3.05) is 11.9 Å². The second-order valence-electron chi connectivity index (χ2n) is 2.65. The highest BCUT2D eigenvalue weighted by Gasteiger charge is 2.01. The summed E-state index contributed by atoms with van der Waals surface area (Å²) in [4.78, 5) is 0. The van der Waals surface area contributed by atoms with E-state index >= 15 is 0 Å². The highest BCUT2D eigenvalue weighted by Crippen LogP contribution is 1.99. The molecule has 0 amide bonds. The number of rotatable bonds is 5. The van der Waals surface area contributed by atoms with Crippen LogP contribution in [0, 0.1) is 0 Å². The number of hydrogen-bond donors (Lipinski definition) is 1. The van der Waals surface area contributed by atoms with Crippen LogP contribution in [-0.4, -0.2) is 26.8 Å². The van der Waals surface area contributed by atoms with E-state index < -0.39 is 0 Å². The summed E-state index contributed by atoms with van der Waals surface area (Å²) in [6, 6.07) is 0. The van der Waals surface area contributed by atoms with Gasteiger partial charge in [0.2, 0.25) is 5.95 Å². The second-order valence-corrected chi connectivity index (χ2v) is 2.65. The molecule has 0 bridgehead atoms. The Hall–Kier alpha value is -1.13. The summed E-state index contributed by atoms with van der Waals surface area (Å²) >= 11 is 0. The lowest BCUT2D eigenvalue weighted by Gasteiger charge is -2.03. The quantitative estimate of drug-likeness (QED) is 0.711. The van der Waals surface area contributed by atoms with Crippen LogP contribution in [0.4, 0.5) is 5.95 Å². The average Bonchev–Trinajstić information content (AvgIpc) is 2.50. The third kappa shape index (κ3) is 2.18. The van der Waals surface area contributed by atoms with Crippen molar-refractivity contribution in [1.82, 2.24) is 20.2 Å². The number of aromatic nitrogens is 4. The molecule has 1 aromatic rings. The topological polar surface area (TPSA) is 55.6 Å². The number of aryl methyl sites for hydroxylation is 1. The average molecular weight is 169 g/mol. The Labute approximate surface area is 72.2 Å². The van der Waals surface area contributed by atoms with Gasteiger partial charge in [-0.25, -0.2) is 4.68 Å². The number of tetrazole rings is 1. The van der Waals surface area contributed by atoms with Gasteiger partial charge in [-0.3, -0.25) is 0 Å². The second kappa shape index (κ2) is 4.69. The molecule has 0 fully saturated rings. The maximum absolute atomic E-state index is 3.86. The van der Waals surface area contributed by atoms with Crippen LogP contribution in [0.3, 0.4) is 0 Å². The molecule has 0 saturated carbocycles. The van der Waals surface area contributed by atoms with Crippen LogP contribution in [0.2, 0.25) is 0 Å². The largest absolute Gasteiger partial charge is 0.353 e. The SMILES string of the molecule is CCCNc1nnnn1CCC. The summed E-state index contributed by atoms with van der Waals surface area (Å²) < 4.78 is 1.79. The van der Waals surface area contributed by atoms with Crippen molar-refractivity contribution in [3.8, 4) is 0 Å². The van der Waals surface area contributed by atoms with Gasteiger partial charge in [0.05, 0.1) is 0 Å². The van der Waals surface area contributed by atoms with Gasteiger partial charge >= 0.3 is 0 Å². The van der Waals surface area contributed by atoms with Crippen LogP contribution in [0.15, 0.2) is 0 Å². The predicted octanol–water partition coefficient (Wildman–Crippen LogP) is 0.905. The molecule has 0 unspecified atom stereocenters. The van der Waals surface area contributed by atoms with Gasteiger partial charge in [0.1, 0.15) is 0 Å². The van der Waals surface area contributed by atoms with Crippen molar-refractivity contribution < 1.29 is 0 Å². The maximum Gasteiger partial charge on any atom is 0.242 e. The zero-order valence-electron chi connectivity index (χ0n) is 7.62. The third-order valence-corrected chi connectivity index (χ3v) is 1.50. The molecule has 1 N–H and O–H groups in total. The van der Waals surface area contributed by atoms with Gasteiger partial charge < -0.3 is 5.32 Å². The van der Waals surface area contributed by atoms with Crippen molar-refractivity contribution >= 4 is 5.95 Å². The number of nitrogens with one attached hydrogen (secondary N) is 1. The summed E-state index contributed by atoms with van der Waals surface area (Å²) in [5, 5.41) is 14.5. The Morgan fingerprint density at radius 3 is 2.83 bits per heavy atom. The molecule has 1 rings (SSSR count). The Bertz CT molecular complexity index is 219. The van der Waals surface area contributed by atoms with Crippen molar-refractivity contribution in [3.05, 3.63) is 0 Å². The zero-order chi connectivity index (χ0) is 8.81. The molecule has 0 saturated heterocycles. The Morgan fingerprint density at radius 1 is 1.33 bits per heavy atom. The summed E-state index contributed by atoms with van der Waals surface area (Å²) in [6.45, 7) is 6.01. The molecule has 0 aliphatic heterocycles. The van der Waals surface area contributed by atoms with Gasteiger partial charge in [0, 0.05) is 13.1 Å². The molecule has 0 radical (unpaired) electrons. The normalized spacial score (nSPS) is 10.2. The van der Waals surface area contributed by atoms with Gasteiger partial charge in [-0.05, 0) is 23.3 Å². The van der Waals surface area contributed by atoms with Crippen molar-refractivity contribution in [2.24, 2.45) is 0 Å². The van der Waals surface area contributed by atoms with E-state index in [0.29, 0.717) is 0 Å². The predicted molar refractivity (Wildman–Crippen MR) is 46.9 cm³/mol. The minimum absolute atomic E-state index is 0.777. The smallest absolute Gasteiger partial charge is 0.242 e. The highest BCUT2D eigenvalue weighted by atomic mass is 15.6. The monoisotopic (exact) mass is 169 g/mol. The zero-order valence-corrected chi connectivity index (χ0v) is 7.62. The lowest BCUT2D eigenvalue weighted by molar-refractivity contribution is 0.582. The molecular weight excluding hydrogens is 154 g/mol. The summed E-state index contributed by atoms with van der Waals surface area (Å²) in [6.07, 6.45) is 2.13. The number of hydrogen-bond acceptors (Lipinski definition) is 4. The van der Waals surface area contributed by atoms with E-state index in [1.54, 1.807) is 4.68 Å². The van der Waals surface area contributed by atoms with E-state index in [2.05, 4.69) is 34.7 Å².